The number of amides is 2. The molecule has 0 unspecified atom stereocenters. The van der Waals surface area contributed by atoms with Crippen LogP contribution in [-0.2, 0) is 14.3 Å². The molecular formula is C13H24N2O5. The number of rotatable bonds is 10. The zero-order chi connectivity index (χ0) is 15.4. The Hall–Kier alpha value is -1.79. The SMILES string of the molecule is CCCC[C@H](NC(=O)NCCCC(=O)OCC)C(=O)O. The van der Waals surface area contributed by atoms with Gasteiger partial charge in [0.25, 0.3) is 0 Å². The predicted molar refractivity (Wildman–Crippen MR) is 73.4 cm³/mol. The number of carboxylic acids is 1. The largest absolute Gasteiger partial charge is 0.480 e. The van der Waals surface area contributed by atoms with Gasteiger partial charge in [0, 0.05) is 13.0 Å². The van der Waals surface area contributed by atoms with E-state index in [2.05, 4.69) is 10.6 Å². The van der Waals surface area contributed by atoms with Crippen molar-refractivity contribution in [3.8, 4) is 0 Å². The van der Waals surface area contributed by atoms with Crippen LogP contribution in [0.5, 0.6) is 0 Å². The molecule has 2 amide bonds. The molecule has 0 aliphatic rings. The highest BCUT2D eigenvalue weighted by atomic mass is 16.5. The summed E-state index contributed by atoms with van der Waals surface area (Å²) in [5, 5.41) is 13.9. The maximum atomic E-state index is 11.5. The smallest absolute Gasteiger partial charge is 0.326 e. The molecule has 7 heteroatoms. The Kier molecular flexibility index (Phi) is 10.1. The van der Waals surface area contributed by atoms with Gasteiger partial charge in [0.2, 0.25) is 0 Å². The molecule has 20 heavy (non-hydrogen) atoms. The van der Waals surface area contributed by atoms with E-state index in [0.717, 1.165) is 12.8 Å². The van der Waals surface area contributed by atoms with Gasteiger partial charge in [0.05, 0.1) is 6.61 Å². The van der Waals surface area contributed by atoms with Crippen LogP contribution in [0, 0.1) is 0 Å². The second-order valence-corrected chi connectivity index (χ2v) is 4.34. The number of hydrogen-bond donors (Lipinski definition) is 3. The van der Waals surface area contributed by atoms with Crippen molar-refractivity contribution in [3.05, 3.63) is 0 Å². The molecule has 0 fully saturated rings. The van der Waals surface area contributed by atoms with Gasteiger partial charge in [0.1, 0.15) is 6.04 Å². The molecule has 0 aromatic carbocycles. The van der Waals surface area contributed by atoms with E-state index in [4.69, 9.17) is 9.84 Å². The Morgan fingerprint density at radius 1 is 1.20 bits per heavy atom. The summed E-state index contributed by atoms with van der Waals surface area (Å²) in [6, 6.07) is -1.41. The normalized spacial score (nSPS) is 11.5. The van der Waals surface area contributed by atoms with Crippen molar-refractivity contribution in [2.75, 3.05) is 13.2 Å². The summed E-state index contributed by atoms with van der Waals surface area (Å²) >= 11 is 0. The predicted octanol–water partition coefficient (Wildman–Crippen LogP) is 1.27. The Labute approximate surface area is 119 Å². The average molecular weight is 288 g/mol. The molecule has 0 heterocycles. The van der Waals surface area contributed by atoms with E-state index < -0.39 is 18.0 Å². The fourth-order valence-electron chi connectivity index (χ4n) is 1.54. The second-order valence-electron chi connectivity index (χ2n) is 4.34. The lowest BCUT2D eigenvalue weighted by Gasteiger charge is -2.14. The Bertz CT molecular complexity index is 320. The third kappa shape index (κ3) is 9.18. The Morgan fingerprint density at radius 2 is 1.90 bits per heavy atom. The van der Waals surface area contributed by atoms with E-state index in [1.807, 2.05) is 6.92 Å². The number of nitrogens with one attached hydrogen (secondary N) is 2. The molecule has 0 rings (SSSR count). The number of carboxylic acid groups (broad SMARTS) is 1. The topological polar surface area (TPSA) is 105 Å². The van der Waals surface area contributed by atoms with E-state index in [9.17, 15) is 14.4 Å². The summed E-state index contributed by atoms with van der Waals surface area (Å²) in [7, 11) is 0. The van der Waals surface area contributed by atoms with E-state index in [1.54, 1.807) is 6.92 Å². The van der Waals surface area contributed by atoms with Crippen molar-refractivity contribution in [2.45, 2.75) is 52.0 Å². The molecule has 1 atom stereocenters. The highest BCUT2D eigenvalue weighted by molar-refractivity contribution is 5.82. The van der Waals surface area contributed by atoms with Crippen LogP contribution in [-0.4, -0.2) is 42.3 Å². The van der Waals surface area contributed by atoms with Crippen LogP contribution in [0.25, 0.3) is 0 Å². The number of carbonyl (C=O) groups excluding carboxylic acids is 2. The van der Waals surface area contributed by atoms with Gasteiger partial charge in [-0.15, -0.1) is 0 Å². The highest BCUT2D eigenvalue weighted by Gasteiger charge is 2.18. The maximum absolute atomic E-state index is 11.5. The molecule has 0 saturated carbocycles. The number of aliphatic carboxylic acids is 1. The number of urea groups is 1. The molecule has 0 radical (unpaired) electrons. The van der Waals surface area contributed by atoms with E-state index in [1.165, 1.54) is 0 Å². The van der Waals surface area contributed by atoms with Gasteiger partial charge in [-0.1, -0.05) is 19.8 Å². The average Bonchev–Trinajstić information content (AvgIpc) is 2.39. The lowest BCUT2D eigenvalue weighted by molar-refractivity contribution is -0.143. The summed E-state index contributed by atoms with van der Waals surface area (Å²) in [5.74, 6) is -1.35. The van der Waals surface area contributed by atoms with Gasteiger partial charge >= 0.3 is 18.0 Å². The van der Waals surface area contributed by atoms with Crippen LogP contribution in [0.2, 0.25) is 0 Å². The molecule has 0 aromatic rings. The first kappa shape index (κ1) is 18.2. The molecule has 0 saturated heterocycles. The Morgan fingerprint density at radius 3 is 2.45 bits per heavy atom. The first-order valence-electron chi connectivity index (χ1n) is 6.94. The number of carbonyl (C=O) groups is 3. The van der Waals surface area contributed by atoms with Gasteiger partial charge in [-0.05, 0) is 19.8 Å². The molecule has 3 N–H and O–H groups in total. The first-order valence-corrected chi connectivity index (χ1v) is 6.94. The minimum absolute atomic E-state index is 0.228. The Balaban J connectivity index is 3.84. The minimum atomic E-state index is -1.04. The van der Waals surface area contributed by atoms with Gasteiger partial charge < -0.3 is 20.5 Å². The molecule has 0 aromatic heterocycles. The van der Waals surface area contributed by atoms with Crippen molar-refractivity contribution in [3.63, 3.8) is 0 Å². The lowest BCUT2D eigenvalue weighted by atomic mass is 10.1. The summed E-state index contributed by atoms with van der Waals surface area (Å²) in [6.07, 6.45) is 2.69. The summed E-state index contributed by atoms with van der Waals surface area (Å²) in [6.45, 7) is 4.32. The summed E-state index contributed by atoms with van der Waals surface area (Å²) in [5.41, 5.74) is 0. The minimum Gasteiger partial charge on any atom is -0.480 e. The van der Waals surface area contributed by atoms with E-state index in [0.29, 0.717) is 26.0 Å². The van der Waals surface area contributed by atoms with Crippen LogP contribution in [0.15, 0.2) is 0 Å². The number of unbranched alkanes of at least 4 members (excludes halogenated alkanes) is 1. The fourth-order valence-corrected chi connectivity index (χ4v) is 1.54. The van der Waals surface area contributed by atoms with E-state index in [-0.39, 0.29) is 12.4 Å². The van der Waals surface area contributed by atoms with Gasteiger partial charge in [-0.3, -0.25) is 4.79 Å². The molecule has 7 nitrogen and oxygen atoms in total. The second kappa shape index (κ2) is 11.1. The number of esters is 1. The van der Waals surface area contributed by atoms with Gasteiger partial charge in [-0.25, -0.2) is 9.59 Å². The van der Waals surface area contributed by atoms with Gasteiger partial charge in [0.15, 0.2) is 0 Å². The third-order valence-corrected chi connectivity index (χ3v) is 2.60. The van der Waals surface area contributed by atoms with E-state index >= 15 is 0 Å². The van der Waals surface area contributed by atoms with Crippen LogP contribution in [0.3, 0.4) is 0 Å². The van der Waals surface area contributed by atoms with Crippen molar-refractivity contribution in [2.24, 2.45) is 0 Å². The first-order chi connectivity index (χ1) is 9.51. The van der Waals surface area contributed by atoms with Crippen molar-refractivity contribution in [1.82, 2.24) is 10.6 Å². The zero-order valence-electron chi connectivity index (χ0n) is 12.1. The molecule has 0 aliphatic carbocycles. The third-order valence-electron chi connectivity index (χ3n) is 2.60. The summed E-state index contributed by atoms with van der Waals surface area (Å²) in [4.78, 5) is 33.5. The number of ether oxygens (including phenoxy) is 1. The van der Waals surface area contributed by atoms with Crippen LogP contribution in [0.4, 0.5) is 4.79 Å². The van der Waals surface area contributed by atoms with Crippen molar-refractivity contribution >= 4 is 18.0 Å². The summed E-state index contributed by atoms with van der Waals surface area (Å²) < 4.78 is 4.74. The fraction of sp³-hybridized carbons (Fsp3) is 0.769. The highest BCUT2D eigenvalue weighted by Crippen LogP contribution is 2.00. The molecule has 116 valence electrons. The number of hydrogen-bond acceptors (Lipinski definition) is 4. The molecule has 0 spiro atoms. The van der Waals surface area contributed by atoms with Gasteiger partial charge in [-0.2, -0.15) is 0 Å². The lowest BCUT2D eigenvalue weighted by Crippen LogP contribution is -2.46. The van der Waals surface area contributed by atoms with Crippen LogP contribution in [0.1, 0.15) is 46.0 Å². The molecule has 0 aliphatic heterocycles. The van der Waals surface area contributed by atoms with Crippen LogP contribution >= 0.6 is 0 Å². The molecule has 0 bridgehead atoms. The standard InChI is InChI=1S/C13H24N2O5/c1-3-5-7-10(12(17)18)15-13(19)14-9-6-8-11(16)20-4-2/h10H,3-9H2,1-2H3,(H,17,18)(H2,14,15,19)/t10-/m0/s1. The maximum Gasteiger partial charge on any atom is 0.326 e. The van der Waals surface area contributed by atoms with Crippen LogP contribution < -0.4 is 10.6 Å². The molecular weight excluding hydrogens is 264 g/mol. The van der Waals surface area contributed by atoms with Crippen molar-refractivity contribution < 1.29 is 24.2 Å². The monoisotopic (exact) mass is 288 g/mol. The van der Waals surface area contributed by atoms with Crippen molar-refractivity contribution in [1.29, 1.82) is 0 Å². The zero-order valence-corrected chi connectivity index (χ0v) is 12.1. The quantitative estimate of drug-likeness (QED) is 0.415.